The van der Waals surface area contributed by atoms with Gasteiger partial charge in [0.15, 0.2) is 0 Å². The number of halogens is 1. The zero-order valence-corrected chi connectivity index (χ0v) is 22.9. The van der Waals surface area contributed by atoms with Crippen LogP contribution in [-0.2, 0) is 16.1 Å². The molecule has 13 heteroatoms. The third-order valence-electron chi connectivity index (χ3n) is 6.22. The van der Waals surface area contributed by atoms with Crippen LogP contribution in [0.4, 0.5) is 10.1 Å². The van der Waals surface area contributed by atoms with Crippen LogP contribution in [0.1, 0.15) is 32.4 Å². The van der Waals surface area contributed by atoms with Gasteiger partial charge in [-0.1, -0.05) is 35.5 Å². The average Bonchev–Trinajstić information content (AvgIpc) is 3.62. The van der Waals surface area contributed by atoms with Crippen molar-refractivity contribution in [3.05, 3.63) is 84.4 Å². The minimum atomic E-state index is -1.37. The molecule has 41 heavy (non-hydrogen) atoms. The van der Waals surface area contributed by atoms with Crippen molar-refractivity contribution >= 4 is 28.5 Å². The second kappa shape index (κ2) is 11.1. The van der Waals surface area contributed by atoms with Crippen LogP contribution in [0.25, 0.3) is 16.7 Å². The topological polar surface area (TPSA) is 133 Å². The maximum absolute atomic E-state index is 15.4. The van der Waals surface area contributed by atoms with Gasteiger partial charge in [-0.2, -0.15) is 4.68 Å². The zero-order valence-electron chi connectivity index (χ0n) is 22.9. The van der Waals surface area contributed by atoms with Crippen molar-refractivity contribution in [2.45, 2.75) is 38.9 Å². The number of tetrazole rings is 1. The fourth-order valence-electron chi connectivity index (χ4n) is 4.48. The van der Waals surface area contributed by atoms with Gasteiger partial charge in [-0.05, 0) is 61.5 Å². The van der Waals surface area contributed by atoms with Gasteiger partial charge in [0, 0.05) is 22.9 Å². The summed E-state index contributed by atoms with van der Waals surface area (Å²) in [6, 6.07) is 16.5. The molecular weight excluding hydrogens is 529 g/mol. The fourth-order valence-corrected chi connectivity index (χ4v) is 4.48. The van der Waals surface area contributed by atoms with E-state index in [1.165, 1.54) is 45.9 Å². The minimum Gasteiger partial charge on any atom is -0.494 e. The Morgan fingerprint density at radius 2 is 1.80 bits per heavy atom. The molecule has 0 radical (unpaired) electrons. The van der Waals surface area contributed by atoms with Gasteiger partial charge in [0.1, 0.15) is 41.7 Å². The van der Waals surface area contributed by atoms with Crippen LogP contribution in [0, 0.1) is 5.82 Å². The summed E-state index contributed by atoms with van der Waals surface area (Å²) >= 11 is 0. The average molecular weight is 558 g/mol. The molecule has 1 atom stereocenters. The van der Waals surface area contributed by atoms with Crippen LogP contribution in [0.15, 0.2) is 73.1 Å². The summed E-state index contributed by atoms with van der Waals surface area (Å²) in [4.78, 5) is 29.4. The van der Waals surface area contributed by atoms with Crippen LogP contribution >= 0.6 is 0 Å². The number of anilines is 1. The molecule has 2 aromatic heterocycles. The molecule has 1 N–H and O–H groups in total. The number of carbonyl (C=O) groups excluding carboxylic acids is 2. The van der Waals surface area contributed by atoms with Crippen molar-refractivity contribution in [3.8, 4) is 11.4 Å². The number of amides is 2. The van der Waals surface area contributed by atoms with Crippen molar-refractivity contribution < 1.29 is 18.7 Å². The van der Waals surface area contributed by atoms with E-state index in [1.54, 1.807) is 57.2 Å². The van der Waals surface area contributed by atoms with E-state index in [2.05, 4.69) is 31.2 Å². The molecule has 0 spiro atoms. The van der Waals surface area contributed by atoms with E-state index in [0.717, 1.165) is 0 Å². The van der Waals surface area contributed by atoms with Crippen molar-refractivity contribution in [2.24, 2.45) is 0 Å². The maximum Gasteiger partial charge on any atom is 0.249 e. The van der Waals surface area contributed by atoms with E-state index in [4.69, 9.17) is 4.74 Å². The fraction of sp³-hybridized carbons (Fsp3) is 0.250. The summed E-state index contributed by atoms with van der Waals surface area (Å²) in [5.74, 6) is -1.41. The van der Waals surface area contributed by atoms with Gasteiger partial charge in [0.2, 0.25) is 11.8 Å². The highest BCUT2D eigenvalue weighted by atomic mass is 19.1. The first-order valence-corrected chi connectivity index (χ1v) is 12.7. The normalized spacial score (nSPS) is 12.2. The van der Waals surface area contributed by atoms with Crippen LogP contribution in [0.5, 0.6) is 5.75 Å². The van der Waals surface area contributed by atoms with Crippen molar-refractivity contribution in [3.63, 3.8) is 0 Å². The molecule has 2 heterocycles. The van der Waals surface area contributed by atoms with E-state index < -0.39 is 29.2 Å². The number of carbonyl (C=O) groups is 2. The Morgan fingerprint density at radius 1 is 1.05 bits per heavy atom. The SMILES string of the molecule is COc1cc(N(C(=O)Cn2nnc3ccccc32)C(C(=O)NC(C)(C)C)c2ccccc2F)ccc1-n1cnnn1. The van der Waals surface area contributed by atoms with Crippen LogP contribution in [0.2, 0.25) is 0 Å². The Morgan fingerprint density at radius 3 is 2.51 bits per heavy atom. The summed E-state index contributed by atoms with van der Waals surface area (Å²) in [6.45, 7) is 5.15. The van der Waals surface area contributed by atoms with Crippen LogP contribution in [0.3, 0.4) is 0 Å². The zero-order chi connectivity index (χ0) is 29.1. The lowest BCUT2D eigenvalue weighted by atomic mass is 10.00. The quantitative estimate of drug-likeness (QED) is 0.308. The first-order valence-electron chi connectivity index (χ1n) is 12.7. The molecule has 12 nitrogen and oxygen atoms in total. The molecule has 1 unspecified atom stereocenters. The van der Waals surface area contributed by atoms with E-state index in [-0.39, 0.29) is 17.8 Å². The number of aromatic nitrogens is 7. The van der Waals surface area contributed by atoms with Crippen molar-refractivity contribution in [2.75, 3.05) is 12.0 Å². The van der Waals surface area contributed by atoms with Gasteiger partial charge < -0.3 is 10.1 Å². The lowest BCUT2D eigenvalue weighted by Crippen LogP contribution is -2.50. The number of hydrogen-bond donors (Lipinski definition) is 1. The highest BCUT2D eigenvalue weighted by molar-refractivity contribution is 6.02. The second-order valence-corrected chi connectivity index (χ2v) is 10.3. The molecule has 0 saturated heterocycles. The number of methoxy groups -OCH3 is 1. The number of nitrogens with one attached hydrogen (secondary N) is 1. The van der Waals surface area contributed by atoms with E-state index >= 15 is 4.39 Å². The maximum atomic E-state index is 15.4. The smallest absolute Gasteiger partial charge is 0.249 e. The largest absolute Gasteiger partial charge is 0.494 e. The van der Waals surface area contributed by atoms with Crippen molar-refractivity contribution in [1.29, 1.82) is 0 Å². The number of nitrogens with zero attached hydrogens (tertiary/aromatic N) is 8. The number of benzene rings is 3. The van der Waals surface area contributed by atoms with Crippen LogP contribution < -0.4 is 15.0 Å². The highest BCUT2D eigenvalue weighted by Gasteiger charge is 2.36. The molecule has 5 rings (SSSR count). The third kappa shape index (κ3) is 5.73. The minimum absolute atomic E-state index is 0.0227. The van der Waals surface area contributed by atoms with E-state index in [0.29, 0.717) is 22.5 Å². The molecule has 3 aromatic carbocycles. The van der Waals surface area contributed by atoms with Gasteiger partial charge in [-0.25, -0.2) is 9.07 Å². The standard InChI is InChI=1S/C28H28FN9O3/c1-28(2,3)31-27(40)26(19-9-5-6-10-20(19)29)38(25(39)16-36-22-12-8-7-11-21(22)32-34-36)18-13-14-23(24(15-18)41-4)37-17-30-33-35-37/h5-15,17,26H,16H2,1-4H3,(H,31,40). The molecule has 2 amide bonds. The Hall–Kier alpha value is -5.20. The predicted octanol–water partition coefficient (Wildman–Crippen LogP) is 3.24. The summed E-state index contributed by atoms with van der Waals surface area (Å²) < 4.78 is 23.8. The second-order valence-electron chi connectivity index (χ2n) is 10.3. The Balaban J connectivity index is 1.67. The van der Waals surface area contributed by atoms with Crippen LogP contribution in [-0.4, -0.2) is 59.7 Å². The molecule has 0 aliphatic rings. The van der Waals surface area contributed by atoms with E-state index in [1.807, 2.05) is 12.1 Å². The molecule has 0 aliphatic carbocycles. The van der Waals surface area contributed by atoms with E-state index in [9.17, 15) is 9.59 Å². The molecule has 0 fully saturated rings. The molecule has 0 aliphatic heterocycles. The molecular formula is C28H28FN9O3. The molecule has 210 valence electrons. The molecule has 5 aromatic rings. The van der Waals surface area contributed by atoms with Gasteiger partial charge in [0.25, 0.3) is 0 Å². The summed E-state index contributed by atoms with van der Waals surface area (Å²) in [7, 11) is 1.46. The third-order valence-corrected chi connectivity index (χ3v) is 6.22. The summed E-state index contributed by atoms with van der Waals surface area (Å²) in [5.41, 5.74) is 1.38. The van der Waals surface area contributed by atoms with Gasteiger partial charge in [-0.15, -0.1) is 10.2 Å². The Labute approximate surface area is 234 Å². The molecule has 0 bridgehead atoms. The lowest BCUT2D eigenvalue weighted by molar-refractivity contribution is -0.128. The van der Waals surface area contributed by atoms with Crippen molar-refractivity contribution in [1.82, 2.24) is 40.5 Å². The van der Waals surface area contributed by atoms with Gasteiger partial charge in [-0.3, -0.25) is 14.5 Å². The summed E-state index contributed by atoms with van der Waals surface area (Å²) in [5, 5.41) is 22.4. The Kier molecular flexibility index (Phi) is 7.42. The highest BCUT2D eigenvalue weighted by Crippen LogP contribution is 2.35. The molecule has 0 saturated carbocycles. The number of fused-ring (bicyclic) bond motifs is 1. The number of para-hydroxylation sites is 1. The first kappa shape index (κ1) is 27.4. The number of ether oxygens (including phenoxy) is 1. The van der Waals surface area contributed by atoms with Gasteiger partial charge in [0.05, 0.1) is 12.6 Å². The first-order chi connectivity index (χ1) is 19.7. The number of hydrogen-bond acceptors (Lipinski definition) is 8. The number of rotatable bonds is 8. The monoisotopic (exact) mass is 557 g/mol. The Bertz CT molecular complexity index is 1700. The van der Waals surface area contributed by atoms with Gasteiger partial charge >= 0.3 is 0 Å². The predicted molar refractivity (Wildman–Crippen MR) is 148 cm³/mol. The summed E-state index contributed by atoms with van der Waals surface area (Å²) in [6.07, 6.45) is 1.40. The lowest BCUT2D eigenvalue weighted by Gasteiger charge is -2.34.